The Kier molecular flexibility index (Phi) is 4.34. The zero-order valence-electron chi connectivity index (χ0n) is 9.97. The molecule has 0 saturated carbocycles. The normalized spacial score (nSPS) is 22.3. The molecule has 1 fully saturated rings. The molecule has 0 aliphatic carbocycles. The molecule has 1 aromatic heterocycles. The number of rotatable bonds is 4. The summed E-state index contributed by atoms with van der Waals surface area (Å²) in [6.45, 7) is 1.36. The highest BCUT2D eigenvalue weighted by molar-refractivity contribution is 5.95. The van der Waals surface area contributed by atoms with E-state index in [-0.39, 0.29) is 18.4 Å². The van der Waals surface area contributed by atoms with E-state index in [1.54, 1.807) is 12.1 Å². The van der Waals surface area contributed by atoms with Gasteiger partial charge in [0.15, 0.2) is 5.76 Å². The number of likely N-dealkylation sites (tertiary alicyclic amines) is 1. The Balaban J connectivity index is 1.97. The number of furan rings is 1. The fourth-order valence-electron chi connectivity index (χ4n) is 2.35. The summed E-state index contributed by atoms with van der Waals surface area (Å²) in [4.78, 5) is 14.0. The molecule has 1 N–H and O–H groups in total. The first-order valence-electron chi connectivity index (χ1n) is 6.23. The number of carbonyl (C=O) groups is 1. The zero-order chi connectivity index (χ0) is 12.1. The Morgan fingerprint density at radius 3 is 3.06 bits per heavy atom. The van der Waals surface area contributed by atoms with Crippen LogP contribution in [0.15, 0.2) is 22.8 Å². The second kappa shape index (κ2) is 5.98. The number of hydrogen-bond acceptors (Lipinski definition) is 4. The second-order valence-electron chi connectivity index (χ2n) is 4.56. The Bertz CT molecular complexity index is 348. The fraction of sp³-hybridized carbons (Fsp3) is 0.615. The summed E-state index contributed by atoms with van der Waals surface area (Å²) in [6, 6.07) is 3.53. The Labute approximate surface area is 101 Å². The molecule has 1 saturated heterocycles. The van der Waals surface area contributed by atoms with E-state index in [0.717, 1.165) is 25.8 Å². The molecule has 0 bridgehead atoms. The fourth-order valence-corrected chi connectivity index (χ4v) is 2.35. The Morgan fingerprint density at radius 1 is 1.47 bits per heavy atom. The van der Waals surface area contributed by atoms with Crippen LogP contribution in [0.4, 0.5) is 0 Å². The van der Waals surface area contributed by atoms with Gasteiger partial charge in [-0.25, -0.2) is 0 Å². The van der Waals surface area contributed by atoms with Gasteiger partial charge in [-0.1, -0.05) is 12.8 Å². The number of nitrogens with zero attached hydrogens (tertiary/aromatic N) is 1. The number of hydrogen-bond donors (Lipinski definition) is 1. The summed E-state index contributed by atoms with van der Waals surface area (Å²) in [5, 5.41) is 9.35. The van der Waals surface area contributed by atoms with E-state index in [9.17, 15) is 9.90 Å². The maximum atomic E-state index is 11.9. The van der Waals surface area contributed by atoms with Crippen molar-refractivity contribution >= 4 is 5.78 Å². The quantitative estimate of drug-likeness (QED) is 0.810. The second-order valence-corrected chi connectivity index (χ2v) is 4.56. The lowest BCUT2D eigenvalue weighted by Gasteiger charge is -2.27. The molecule has 0 amide bonds. The van der Waals surface area contributed by atoms with E-state index in [1.807, 2.05) is 0 Å². The Morgan fingerprint density at radius 2 is 2.35 bits per heavy atom. The van der Waals surface area contributed by atoms with Gasteiger partial charge in [-0.05, 0) is 31.5 Å². The summed E-state index contributed by atoms with van der Waals surface area (Å²) >= 11 is 0. The van der Waals surface area contributed by atoms with Gasteiger partial charge in [-0.15, -0.1) is 0 Å². The third-order valence-corrected chi connectivity index (χ3v) is 3.35. The molecule has 1 aliphatic heterocycles. The molecule has 17 heavy (non-hydrogen) atoms. The van der Waals surface area contributed by atoms with Gasteiger partial charge in [0.25, 0.3) is 0 Å². The van der Waals surface area contributed by atoms with Crippen molar-refractivity contribution in [1.29, 1.82) is 0 Å². The first kappa shape index (κ1) is 12.3. The maximum Gasteiger partial charge on any atom is 0.211 e. The smallest absolute Gasteiger partial charge is 0.211 e. The lowest BCUT2D eigenvalue weighted by atomic mass is 10.1. The van der Waals surface area contributed by atoms with E-state index >= 15 is 0 Å². The van der Waals surface area contributed by atoms with Crippen LogP contribution in [0, 0.1) is 0 Å². The van der Waals surface area contributed by atoms with Gasteiger partial charge >= 0.3 is 0 Å². The molecule has 0 radical (unpaired) electrons. The van der Waals surface area contributed by atoms with Crippen LogP contribution >= 0.6 is 0 Å². The highest BCUT2D eigenvalue weighted by Gasteiger charge is 2.23. The average molecular weight is 237 g/mol. The molecule has 0 aromatic carbocycles. The minimum absolute atomic E-state index is 0.00431. The number of carbonyl (C=O) groups excluding carboxylic acids is 1. The standard InChI is InChI=1S/C13H19NO3/c15-10-11-5-2-1-3-7-14(11)9-12(16)13-6-4-8-17-13/h4,6,8,11,15H,1-3,5,7,9-10H2. The first-order chi connectivity index (χ1) is 8.31. The van der Waals surface area contributed by atoms with E-state index in [1.165, 1.54) is 12.7 Å². The van der Waals surface area contributed by atoms with Crippen molar-refractivity contribution in [3.05, 3.63) is 24.2 Å². The van der Waals surface area contributed by atoms with Crippen molar-refractivity contribution in [2.75, 3.05) is 19.7 Å². The molecule has 1 aromatic rings. The van der Waals surface area contributed by atoms with Gasteiger partial charge in [0.1, 0.15) is 0 Å². The van der Waals surface area contributed by atoms with Gasteiger partial charge in [0, 0.05) is 6.04 Å². The molecule has 1 atom stereocenters. The van der Waals surface area contributed by atoms with Gasteiger partial charge in [0.05, 0.1) is 19.4 Å². The van der Waals surface area contributed by atoms with Crippen molar-refractivity contribution < 1.29 is 14.3 Å². The van der Waals surface area contributed by atoms with Crippen molar-refractivity contribution in [2.45, 2.75) is 31.7 Å². The van der Waals surface area contributed by atoms with Gasteiger partial charge in [-0.3, -0.25) is 9.69 Å². The molecule has 94 valence electrons. The van der Waals surface area contributed by atoms with Gasteiger partial charge in [0.2, 0.25) is 5.78 Å². The van der Waals surface area contributed by atoms with Crippen molar-refractivity contribution in [1.82, 2.24) is 4.90 Å². The van der Waals surface area contributed by atoms with Crippen LogP contribution in [0.5, 0.6) is 0 Å². The van der Waals surface area contributed by atoms with E-state index in [2.05, 4.69) is 4.90 Å². The lowest BCUT2D eigenvalue weighted by Crippen LogP contribution is -2.40. The third-order valence-electron chi connectivity index (χ3n) is 3.35. The van der Waals surface area contributed by atoms with Crippen LogP contribution in [0.1, 0.15) is 36.2 Å². The molecular weight excluding hydrogens is 218 g/mol. The first-order valence-corrected chi connectivity index (χ1v) is 6.23. The van der Waals surface area contributed by atoms with Crippen LogP contribution in [-0.2, 0) is 0 Å². The SMILES string of the molecule is O=C(CN1CCCCCC1CO)c1ccco1. The topological polar surface area (TPSA) is 53.7 Å². The molecule has 2 rings (SSSR count). The van der Waals surface area contributed by atoms with Crippen LogP contribution in [0.3, 0.4) is 0 Å². The molecular formula is C13H19NO3. The molecule has 1 aliphatic rings. The molecule has 2 heterocycles. The molecule has 1 unspecified atom stereocenters. The minimum atomic E-state index is -0.00431. The number of aliphatic hydroxyl groups is 1. The number of aliphatic hydroxyl groups excluding tert-OH is 1. The lowest BCUT2D eigenvalue weighted by molar-refractivity contribution is 0.0801. The van der Waals surface area contributed by atoms with E-state index < -0.39 is 0 Å². The summed E-state index contributed by atoms with van der Waals surface area (Å²) in [7, 11) is 0. The largest absolute Gasteiger partial charge is 0.461 e. The van der Waals surface area contributed by atoms with E-state index in [0.29, 0.717) is 12.3 Å². The van der Waals surface area contributed by atoms with Crippen LogP contribution in [0.2, 0.25) is 0 Å². The highest BCUT2D eigenvalue weighted by atomic mass is 16.3. The molecule has 4 heteroatoms. The highest BCUT2D eigenvalue weighted by Crippen LogP contribution is 2.17. The maximum absolute atomic E-state index is 11.9. The van der Waals surface area contributed by atoms with Gasteiger partial charge < -0.3 is 9.52 Å². The Hall–Kier alpha value is -1.13. The van der Waals surface area contributed by atoms with Crippen LogP contribution in [0.25, 0.3) is 0 Å². The molecule has 4 nitrogen and oxygen atoms in total. The average Bonchev–Trinajstić information content (AvgIpc) is 2.78. The monoisotopic (exact) mass is 237 g/mol. The summed E-state index contributed by atoms with van der Waals surface area (Å²) in [5.41, 5.74) is 0. The van der Waals surface area contributed by atoms with Crippen LogP contribution in [-0.4, -0.2) is 41.5 Å². The third kappa shape index (κ3) is 3.17. The summed E-state index contributed by atoms with van der Waals surface area (Å²) < 4.78 is 5.10. The van der Waals surface area contributed by atoms with Gasteiger partial charge in [-0.2, -0.15) is 0 Å². The predicted molar refractivity (Wildman–Crippen MR) is 64.0 cm³/mol. The van der Waals surface area contributed by atoms with Crippen LogP contribution < -0.4 is 0 Å². The predicted octanol–water partition coefficient (Wildman–Crippen LogP) is 1.70. The van der Waals surface area contributed by atoms with E-state index in [4.69, 9.17) is 4.42 Å². The number of Topliss-reactive ketones (excluding diaryl/α,β-unsaturated/α-hetero) is 1. The van der Waals surface area contributed by atoms with Crippen molar-refractivity contribution in [2.24, 2.45) is 0 Å². The summed E-state index contributed by atoms with van der Waals surface area (Å²) in [5.74, 6) is 0.404. The number of ketones is 1. The molecule has 0 spiro atoms. The zero-order valence-corrected chi connectivity index (χ0v) is 9.97. The van der Waals surface area contributed by atoms with Crippen molar-refractivity contribution in [3.63, 3.8) is 0 Å². The minimum Gasteiger partial charge on any atom is -0.461 e. The summed E-state index contributed by atoms with van der Waals surface area (Å²) in [6.07, 6.45) is 5.90. The van der Waals surface area contributed by atoms with Crippen molar-refractivity contribution in [3.8, 4) is 0 Å².